The largest absolute Gasteiger partial charge is 0.477 e. The smallest absolute Gasteiger partial charge is 0.354 e. The van der Waals surface area contributed by atoms with Crippen LogP contribution in [-0.2, 0) is 0 Å². The van der Waals surface area contributed by atoms with E-state index in [-0.39, 0.29) is 5.69 Å². The number of aromatic nitrogens is 1. The van der Waals surface area contributed by atoms with Crippen LogP contribution in [0, 0.1) is 0 Å². The van der Waals surface area contributed by atoms with Gasteiger partial charge in [-0.1, -0.05) is 6.07 Å². The monoisotopic (exact) mass is 363 g/mol. The summed E-state index contributed by atoms with van der Waals surface area (Å²) in [6.07, 6.45) is 3.61. The second-order valence-electron chi connectivity index (χ2n) is 7.10. The molecule has 7 nitrogen and oxygen atoms in total. The highest BCUT2D eigenvalue weighted by molar-refractivity contribution is 5.85. The van der Waals surface area contributed by atoms with Gasteiger partial charge < -0.3 is 20.2 Å². The molecule has 26 heavy (non-hydrogen) atoms. The number of carboxylic acid groups (broad SMARTS) is 1. The Bertz CT molecular complexity index is 561. The van der Waals surface area contributed by atoms with Gasteiger partial charge in [-0.05, 0) is 65.6 Å². The molecule has 0 unspecified atom stereocenters. The summed E-state index contributed by atoms with van der Waals surface area (Å²) in [5.74, 6) is -0.176. The van der Waals surface area contributed by atoms with Crippen molar-refractivity contribution in [1.29, 1.82) is 0 Å². The number of carbonyl (C=O) groups is 1. The van der Waals surface area contributed by atoms with E-state index in [4.69, 9.17) is 5.11 Å². The summed E-state index contributed by atoms with van der Waals surface area (Å²) in [6.45, 7) is 6.40. The van der Waals surface area contributed by atoms with Gasteiger partial charge in [-0.2, -0.15) is 0 Å². The number of aromatic carboxylic acids is 1. The Morgan fingerprint density at radius 3 is 2.46 bits per heavy atom. The van der Waals surface area contributed by atoms with Gasteiger partial charge in [-0.3, -0.25) is 4.90 Å². The topological polar surface area (TPSA) is 71.9 Å². The van der Waals surface area contributed by atoms with Crippen molar-refractivity contribution in [3.8, 4) is 0 Å². The predicted molar refractivity (Wildman–Crippen MR) is 105 cm³/mol. The molecule has 0 saturated carbocycles. The number of rotatable bonds is 3. The van der Waals surface area contributed by atoms with E-state index < -0.39 is 5.97 Å². The number of carboxylic acids is 1. The third-order valence-corrected chi connectivity index (χ3v) is 5.01. The third kappa shape index (κ3) is 5.93. The summed E-state index contributed by atoms with van der Waals surface area (Å²) in [7, 11) is 5.95. The summed E-state index contributed by atoms with van der Waals surface area (Å²) in [5, 5.41) is 11.9. The molecule has 0 atom stereocenters. The number of nitrogens with zero attached hydrogens (tertiary/aromatic N) is 4. The fourth-order valence-corrected chi connectivity index (χ4v) is 3.61. The van der Waals surface area contributed by atoms with Gasteiger partial charge >= 0.3 is 5.97 Å². The normalized spacial score (nSPS) is 20.2. The number of hydrogen-bond acceptors (Lipinski definition) is 6. The van der Waals surface area contributed by atoms with E-state index in [0.29, 0.717) is 6.04 Å². The predicted octanol–water partition coefficient (Wildman–Crippen LogP) is 1.22. The van der Waals surface area contributed by atoms with Crippen LogP contribution in [-0.4, -0.2) is 92.3 Å². The molecule has 0 aromatic carbocycles. The highest BCUT2D eigenvalue weighted by Crippen LogP contribution is 2.20. The van der Waals surface area contributed by atoms with Crippen molar-refractivity contribution in [3.05, 3.63) is 23.9 Å². The van der Waals surface area contributed by atoms with Crippen molar-refractivity contribution >= 4 is 11.8 Å². The summed E-state index contributed by atoms with van der Waals surface area (Å²) < 4.78 is 0. The minimum Gasteiger partial charge on any atom is -0.477 e. The molecule has 0 spiro atoms. The zero-order valence-electron chi connectivity index (χ0n) is 16.3. The molecular formula is C19H33N5O2. The average molecular weight is 364 g/mol. The van der Waals surface area contributed by atoms with E-state index in [9.17, 15) is 4.79 Å². The van der Waals surface area contributed by atoms with Crippen LogP contribution in [0.2, 0.25) is 0 Å². The molecule has 2 N–H and O–H groups in total. The zero-order valence-corrected chi connectivity index (χ0v) is 16.3. The summed E-state index contributed by atoms with van der Waals surface area (Å²) >= 11 is 0. The van der Waals surface area contributed by atoms with Gasteiger partial charge in [0.1, 0.15) is 5.82 Å². The first-order valence-corrected chi connectivity index (χ1v) is 9.51. The van der Waals surface area contributed by atoms with Crippen LogP contribution in [0.4, 0.5) is 5.82 Å². The molecule has 2 saturated heterocycles. The lowest BCUT2D eigenvalue weighted by Gasteiger charge is -2.36. The Kier molecular flexibility index (Phi) is 8.28. The van der Waals surface area contributed by atoms with Crippen LogP contribution >= 0.6 is 0 Å². The van der Waals surface area contributed by atoms with Crippen LogP contribution in [0.3, 0.4) is 0 Å². The molecular weight excluding hydrogens is 330 g/mol. The zero-order chi connectivity index (χ0) is 18.9. The molecule has 1 aromatic heterocycles. The Morgan fingerprint density at radius 1 is 1.12 bits per heavy atom. The first kappa shape index (κ1) is 20.6. The first-order valence-electron chi connectivity index (χ1n) is 9.51. The highest BCUT2D eigenvalue weighted by Gasteiger charge is 2.25. The van der Waals surface area contributed by atoms with Crippen molar-refractivity contribution < 1.29 is 9.90 Å². The number of pyridine rings is 1. The van der Waals surface area contributed by atoms with Gasteiger partial charge in [-0.15, -0.1) is 0 Å². The third-order valence-electron chi connectivity index (χ3n) is 5.01. The van der Waals surface area contributed by atoms with E-state index in [0.717, 1.165) is 38.4 Å². The van der Waals surface area contributed by atoms with Crippen molar-refractivity contribution in [2.75, 3.05) is 65.3 Å². The Balaban J connectivity index is 0.000000758. The van der Waals surface area contributed by atoms with Gasteiger partial charge in [0.2, 0.25) is 0 Å². The molecule has 2 aliphatic rings. The quantitative estimate of drug-likeness (QED) is 0.837. The molecule has 7 heteroatoms. The lowest BCUT2D eigenvalue weighted by Crippen LogP contribution is -2.45. The molecule has 3 rings (SSSR count). The van der Waals surface area contributed by atoms with Crippen molar-refractivity contribution in [2.24, 2.45) is 0 Å². The maximum Gasteiger partial charge on any atom is 0.354 e. The fourth-order valence-electron chi connectivity index (χ4n) is 3.61. The van der Waals surface area contributed by atoms with Gasteiger partial charge in [-0.25, -0.2) is 9.78 Å². The van der Waals surface area contributed by atoms with Crippen molar-refractivity contribution in [2.45, 2.75) is 25.3 Å². The highest BCUT2D eigenvalue weighted by atomic mass is 16.4. The molecule has 3 heterocycles. The van der Waals surface area contributed by atoms with Crippen molar-refractivity contribution in [1.82, 2.24) is 20.1 Å². The summed E-state index contributed by atoms with van der Waals surface area (Å²) in [6, 6.07) is 5.95. The van der Waals surface area contributed by atoms with Gasteiger partial charge in [0.05, 0.1) is 0 Å². The maximum absolute atomic E-state index is 11.1. The Hall–Kier alpha value is -1.70. The lowest BCUT2D eigenvalue weighted by atomic mass is 10.0. The van der Waals surface area contributed by atoms with Crippen LogP contribution in [0.15, 0.2) is 18.2 Å². The number of likely N-dealkylation sites (tertiary alicyclic amines) is 1. The summed E-state index contributed by atoms with van der Waals surface area (Å²) in [4.78, 5) is 22.6. The molecule has 2 fully saturated rings. The number of hydrogen-bond donors (Lipinski definition) is 2. The molecule has 146 valence electrons. The van der Waals surface area contributed by atoms with Gasteiger partial charge in [0.25, 0.3) is 0 Å². The van der Waals surface area contributed by atoms with Gasteiger partial charge in [0, 0.05) is 32.2 Å². The average Bonchev–Trinajstić information content (AvgIpc) is 2.89. The van der Waals surface area contributed by atoms with E-state index in [1.54, 1.807) is 12.1 Å². The maximum atomic E-state index is 11.1. The van der Waals surface area contributed by atoms with E-state index in [2.05, 4.69) is 32.0 Å². The minimum atomic E-state index is -0.963. The standard InChI is InChI=1S/C17H26N4O2.C2H7N/c1-19-10-6-14(7-11-19)20-8-3-9-21(13-12-20)16-5-2-4-15(18-16)17(22)23;1-3-2/h2,4-5,14H,3,6-13H2,1H3,(H,22,23);3H,1-2H3. The van der Waals surface area contributed by atoms with Crippen LogP contribution < -0.4 is 10.2 Å². The fraction of sp³-hybridized carbons (Fsp3) is 0.684. The van der Waals surface area contributed by atoms with Crippen LogP contribution in [0.25, 0.3) is 0 Å². The minimum absolute atomic E-state index is 0.124. The molecule has 0 aliphatic carbocycles. The van der Waals surface area contributed by atoms with Crippen LogP contribution in [0.1, 0.15) is 29.8 Å². The summed E-state index contributed by atoms with van der Waals surface area (Å²) in [5.41, 5.74) is 0.124. The van der Waals surface area contributed by atoms with Crippen molar-refractivity contribution in [3.63, 3.8) is 0 Å². The van der Waals surface area contributed by atoms with Crippen LogP contribution in [0.5, 0.6) is 0 Å². The van der Waals surface area contributed by atoms with E-state index in [1.165, 1.54) is 25.9 Å². The van der Waals surface area contributed by atoms with E-state index in [1.807, 2.05) is 20.2 Å². The SMILES string of the molecule is CN1CCC(N2CCCN(c3cccc(C(=O)O)n3)CC2)CC1.CNC. The number of piperidine rings is 1. The number of anilines is 1. The Labute approximate surface area is 157 Å². The van der Waals surface area contributed by atoms with E-state index >= 15 is 0 Å². The second kappa shape index (κ2) is 10.4. The Morgan fingerprint density at radius 2 is 1.81 bits per heavy atom. The van der Waals surface area contributed by atoms with Gasteiger partial charge in [0.15, 0.2) is 5.69 Å². The lowest BCUT2D eigenvalue weighted by molar-refractivity contribution is 0.0690. The molecule has 0 bridgehead atoms. The molecule has 0 radical (unpaired) electrons. The second-order valence-corrected chi connectivity index (χ2v) is 7.10. The first-order chi connectivity index (χ1) is 12.5. The molecule has 1 aromatic rings. The number of nitrogens with one attached hydrogen (secondary N) is 1. The molecule has 2 aliphatic heterocycles. The molecule has 0 amide bonds.